The van der Waals surface area contributed by atoms with Crippen LogP contribution in [0.15, 0.2) is 48.8 Å². The highest BCUT2D eigenvalue weighted by Gasteiger charge is 2.46. The van der Waals surface area contributed by atoms with Crippen LogP contribution < -0.4 is 15.4 Å². The molecule has 4 N–H and O–H groups in total. The highest BCUT2D eigenvalue weighted by atomic mass is 35.5. The minimum Gasteiger partial charge on any atom is -0.497 e. The summed E-state index contributed by atoms with van der Waals surface area (Å²) in [5.41, 5.74) is 15.2. The Balaban J connectivity index is 0.000000133. The van der Waals surface area contributed by atoms with E-state index in [0.29, 0.717) is 5.15 Å². The van der Waals surface area contributed by atoms with Crippen LogP contribution in [0.2, 0.25) is 5.15 Å². The Morgan fingerprint density at radius 1 is 0.706 bits per heavy atom. The number of aromatic amines is 2. The Kier molecular flexibility index (Phi) is 6.85. The van der Waals surface area contributed by atoms with Crippen molar-refractivity contribution >= 4 is 23.4 Å². The molecule has 0 atom stereocenters. The van der Waals surface area contributed by atoms with E-state index >= 15 is 0 Å². The quantitative estimate of drug-likeness (QED) is 0.147. The average Bonchev–Trinajstić information content (AvgIpc) is 3.70. The predicted octanol–water partition coefficient (Wildman–Crippen LogP) is 7.10. The second-order valence-corrected chi connectivity index (χ2v) is 15.7. The van der Waals surface area contributed by atoms with Gasteiger partial charge in [0, 0.05) is 64.4 Å². The first-order valence-corrected chi connectivity index (χ1v) is 18.6. The summed E-state index contributed by atoms with van der Waals surface area (Å²) in [4.78, 5) is 41.6. The number of aromatic nitrogens is 4. The molecule has 2 spiro atoms. The summed E-state index contributed by atoms with van der Waals surface area (Å²) < 4.78 is 5.27. The lowest BCUT2D eigenvalue weighted by Crippen LogP contribution is -2.58. The topological polar surface area (TPSA) is 125 Å². The normalized spacial score (nSPS) is 19.3. The second-order valence-electron chi connectivity index (χ2n) is 15.3. The van der Waals surface area contributed by atoms with Gasteiger partial charge in [-0.1, -0.05) is 11.6 Å². The highest BCUT2D eigenvalue weighted by Crippen LogP contribution is 2.45. The number of nitrogens with zero attached hydrogens (tertiary/aromatic N) is 2. The number of methoxy groups -OCH3 is 1. The van der Waals surface area contributed by atoms with Gasteiger partial charge in [-0.2, -0.15) is 0 Å². The fourth-order valence-electron chi connectivity index (χ4n) is 9.39. The van der Waals surface area contributed by atoms with Crippen molar-refractivity contribution in [2.45, 2.75) is 88.1 Å². The highest BCUT2D eigenvalue weighted by molar-refractivity contribution is 6.29. The summed E-state index contributed by atoms with van der Waals surface area (Å²) in [7, 11) is 1.67. The smallest absolute Gasteiger partial charge is 0.253 e. The van der Waals surface area contributed by atoms with Crippen LogP contribution in [0.4, 0.5) is 0 Å². The summed E-state index contributed by atoms with van der Waals surface area (Å²) >= 11 is 6.07. The van der Waals surface area contributed by atoms with E-state index in [1.54, 1.807) is 7.11 Å². The molecule has 0 radical (unpaired) electrons. The van der Waals surface area contributed by atoms with Crippen LogP contribution in [0.25, 0.3) is 33.8 Å². The van der Waals surface area contributed by atoms with Crippen LogP contribution in [0.5, 0.6) is 5.75 Å². The molecule has 0 bridgehead atoms. The Morgan fingerprint density at radius 3 is 1.75 bits per heavy atom. The summed E-state index contributed by atoms with van der Waals surface area (Å²) in [6.45, 7) is 0. The monoisotopic (exact) mass is 698 g/mol. The van der Waals surface area contributed by atoms with Gasteiger partial charge in [0.1, 0.15) is 10.9 Å². The lowest BCUT2D eigenvalue weighted by Gasteiger charge is -2.45. The molecule has 4 aliphatic carbocycles. The van der Waals surface area contributed by atoms with Crippen LogP contribution >= 0.6 is 11.6 Å². The minimum absolute atomic E-state index is 0.00708. The third-order valence-corrected chi connectivity index (χ3v) is 12.6. The van der Waals surface area contributed by atoms with Crippen molar-refractivity contribution in [1.29, 1.82) is 0 Å². The first kappa shape index (κ1) is 30.9. The maximum Gasteiger partial charge on any atom is 0.253 e. The number of fused-ring (bicyclic) bond motifs is 10. The number of pyridine rings is 2. The fourth-order valence-corrected chi connectivity index (χ4v) is 9.55. The summed E-state index contributed by atoms with van der Waals surface area (Å²) in [5.74, 6) is 1.04. The number of hydrogen-bond donors (Lipinski definition) is 4. The first-order valence-electron chi connectivity index (χ1n) is 18.2. The Labute approximate surface area is 301 Å². The van der Waals surface area contributed by atoms with E-state index in [1.807, 2.05) is 42.7 Å². The third-order valence-electron chi connectivity index (χ3n) is 12.4. The molecule has 6 heterocycles. The van der Waals surface area contributed by atoms with Gasteiger partial charge in [0.2, 0.25) is 0 Å². The molecule has 1 aromatic carbocycles. The van der Waals surface area contributed by atoms with E-state index in [1.165, 1.54) is 35.1 Å². The Hall–Kier alpha value is -4.89. The molecule has 2 saturated carbocycles. The molecule has 2 amide bonds. The molecular formula is C41H39ClN6O3. The maximum atomic E-state index is 12.9. The molecule has 2 fully saturated rings. The van der Waals surface area contributed by atoms with Crippen molar-refractivity contribution in [1.82, 2.24) is 30.6 Å². The van der Waals surface area contributed by atoms with Gasteiger partial charge < -0.3 is 25.3 Å². The lowest BCUT2D eigenvalue weighted by atomic mass is 9.71. The number of nitrogens with one attached hydrogen (secondary N) is 4. The Morgan fingerprint density at radius 2 is 1.24 bits per heavy atom. The number of amides is 2. The van der Waals surface area contributed by atoms with Crippen LogP contribution in [-0.4, -0.2) is 49.9 Å². The lowest BCUT2D eigenvalue weighted by molar-refractivity contribution is 0.0783. The van der Waals surface area contributed by atoms with Gasteiger partial charge in [0.05, 0.1) is 35.3 Å². The molecular weight excluding hydrogens is 660 g/mol. The summed E-state index contributed by atoms with van der Waals surface area (Å²) in [6.07, 6.45) is 16.1. The van der Waals surface area contributed by atoms with Gasteiger partial charge >= 0.3 is 0 Å². The standard InChI is InChI=1S/C24H23N3O2.C17H16ClN3O/c1-29-16-6-3-14(4-7-16)19-11-18-15(13-25-19)5-8-17-21-20(26-22(17)18)12-24(9-2-10-24)27-23(21)28;18-13-6-11-9(8-19-13)2-3-10-14-12(20-15(10)11)7-17(4-1-5-17)21-16(14)22/h3-4,6-7,11,13,26H,2,5,8-10,12H2,1H3,(H,27,28);6,8,20H,1-5,7H2,(H,21,22). The molecule has 0 unspecified atom stereocenters. The number of hydrogen-bond acceptors (Lipinski definition) is 5. The summed E-state index contributed by atoms with van der Waals surface area (Å²) in [5, 5.41) is 7.07. The van der Waals surface area contributed by atoms with Gasteiger partial charge in [-0.15, -0.1) is 0 Å². The van der Waals surface area contributed by atoms with Crippen molar-refractivity contribution in [2.24, 2.45) is 0 Å². The number of carbonyl (C=O) groups excluding carboxylic acids is 2. The zero-order valence-electron chi connectivity index (χ0n) is 28.6. The number of ether oxygens (including phenoxy) is 1. The predicted molar refractivity (Wildman–Crippen MR) is 195 cm³/mol. The van der Waals surface area contributed by atoms with Crippen LogP contribution in [0, 0.1) is 0 Å². The number of halogens is 1. The Bertz CT molecular complexity index is 2280. The number of H-pyrrole nitrogens is 2. The number of carbonyl (C=O) groups is 2. The summed E-state index contributed by atoms with van der Waals surface area (Å²) in [6, 6.07) is 12.0. The first-order chi connectivity index (χ1) is 24.8. The van der Waals surface area contributed by atoms with E-state index in [9.17, 15) is 9.59 Å². The molecule has 6 aliphatic rings. The van der Waals surface area contributed by atoms with Gasteiger partial charge in [-0.25, -0.2) is 4.98 Å². The zero-order chi connectivity index (χ0) is 34.5. The van der Waals surface area contributed by atoms with Crippen molar-refractivity contribution in [2.75, 3.05) is 7.11 Å². The molecule has 5 aromatic rings. The van der Waals surface area contributed by atoms with Gasteiger partial charge in [-0.3, -0.25) is 14.6 Å². The molecule has 10 heteroatoms. The van der Waals surface area contributed by atoms with Gasteiger partial charge in [-0.05, 0) is 123 Å². The van der Waals surface area contributed by atoms with Crippen molar-refractivity contribution in [3.63, 3.8) is 0 Å². The number of aryl methyl sites for hydroxylation is 2. The van der Waals surface area contributed by atoms with Gasteiger partial charge in [0.15, 0.2) is 0 Å². The zero-order valence-corrected chi connectivity index (χ0v) is 29.4. The van der Waals surface area contributed by atoms with Crippen molar-refractivity contribution in [3.8, 4) is 39.5 Å². The molecule has 2 aliphatic heterocycles. The SMILES string of the molecule is COc1ccc(-c2cc3c(cn2)CCc2c-3[nH]c3c2C(=O)NC2(CCC2)C3)cc1.O=C1NC2(CCC2)Cc2[nH]c3c(c21)CCc1cnc(Cl)cc1-3. The second kappa shape index (κ2) is 11.3. The maximum absolute atomic E-state index is 12.9. The number of rotatable bonds is 2. The van der Waals surface area contributed by atoms with Crippen LogP contribution in [-0.2, 0) is 38.5 Å². The molecule has 258 valence electrons. The number of benzene rings is 1. The largest absolute Gasteiger partial charge is 0.497 e. The molecule has 0 saturated heterocycles. The van der Waals surface area contributed by atoms with E-state index in [-0.39, 0.29) is 22.9 Å². The molecule has 11 rings (SSSR count). The van der Waals surface area contributed by atoms with E-state index in [2.05, 4.69) is 31.7 Å². The van der Waals surface area contributed by atoms with Crippen molar-refractivity contribution in [3.05, 3.63) is 98.7 Å². The van der Waals surface area contributed by atoms with Crippen molar-refractivity contribution < 1.29 is 14.3 Å². The molecule has 9 nitrogen and oxygen atoms in total. The minimum atomic E-state index is -0.00708. The van der Waals surface area contributed by atoms with E-state index < -0.39 is 0 Å². The van der Waals surface area contributed by atoms with Crippen LogP contribution in [0.1, 0.15) is 92.9 Å². The fraction of sp³-hybridized carbons (Fsp3) is 0.366. The molecule has 51 heavy (non-hydrogen) atoms. The van der Waals surface area contributed by atoms with Gasteiger partial charge in [0.25, 0.3) is 11.8 Å². The van der Waals surface area contributed by atoms with E-state index in [4.69, 9.17) is 21.3 Å². The van der Waals surface area contributed by atoms with E-state index in [0.717, 1.165) is 126 Å². The molecule has 4 aromatic heterocycles. The van der Waals surface area contributed by atoms with Crippen LogP contribution in [0.3, 0.4) is 0 Å². The average molecular weight is 699 g/mol. The third kappa shape index (κ3) is 4.88.